The number of halogens is 3. The topological polar surface area (TPSA) is 58.2 Å². The SMILES string of the molecule is O=C1Cc2cc(NC(=O)c3ccccc3C(F)(F)F)ccc2N1. The first-order valence-corrected chi connectivity index (χ1v) is 6.75. The van der Waals surface area contributed by atoms with E-state index in [4.69, 9.17) is 0 Å². The second kappa shape index (κ2) is 5.42. The van der Waals surface area contributed by atoms with Crippen molar-refractivity contribution in [2.75, 3.05) is 10.6 Å². The summed E-state index contributed by atoms with van der Waals surface area (Å²) in [6.07, 6.45) is -4.43. The molecule has 2 amide bonds. The van der Waals surface area contributed by atoms with Gasteiger partial charge in [-0.3, -0.25) is 9.59 Å². The zero-order valence-corrected chi connectivity index (χ0v) is 11.7. The Labute approximate surface area is 129 Å². The molecule has 118 valence electrons. The van der Waals surface area contributed by atoms with Crippen molar-refractivity contribution in [3.63, 3.8) is 0 Å². The van der Waals surface area contributed by atoms with E-state index in [1.54, 1.807) is 12.1 Å². The average molecular weight is 320 g/mol. The fourth-order valence-corrected chi connectivity index (χ4v) is 2.43. The molecule has 0 aromatic heterocycles. The van der Waals surface area contributed by atoms with Crippen LogP contribution in [0.1, 0.15) is 21.5 Å². The number of fused-ring (bicyclic) bond motifs is 1. The van der Waals surface area contributed by atoms with Crippen molar-refractivity contribution in [2.45, 2.75) is 12.6 Å². The van der Waals surface area contributed by atoms with Crippen LogP contribution in [-0.2, 0) is 17.4 Å². The minimum Gasteiger partial charge on any atom is -0.326 e. The number of carbonyl (C=O) groups is 2. The molecule has 2 aromatic carbocycles. The predicted molar refractivity (Wildman–Crippen MR) is 78.2 cm³/mol. The van der Waals surface area contributed by atoms with Crippen molar-refractivity contribution in [3.8, 4) is 0 Å². The van der Waals surface area contributed by atoms with Crippen LogP contribution in [0.25, 0.3) is 0 Å². The fraction of sp³-hybridized carbons (Fsp3) is 0.125. The molecule has 0 radical (unpaired) electrons. The number of rotatable bonds is 2. The smallest absolute Gasteiger partial charge is 0.326 e. The van der Waals surface area contributed by atoms with Gasteiger partial charge in [-0.05, 0) is 35.9 Å². The third-order valence-electron chi connectivity index (χ3n) is 3.47. The van der Waals surface area contributed by atoms with Crippen LogP contribution >= 0.6 is 0 Å². The van der Waals surface area contributed by atoms with Gasteiger partial charge in [-0.15, -0.1) is 0 Å². The minimum atomic E-state index is -4.61. The summed E-state index contributed by atoms with van der Waals surface area (Å²) < 4.78 is 38.8. The van der Waals surface area contributed by atoms with E-state index in [2.05, 4.69) is 10.6 Å². The van der Waals surface area contributed by atoms with Gasteiger partial charge in [0.25, 0.3) is 5.91 Å². The molecule has 7 heteroatoms. The highest BCUT2D eigenvalue weighted by Gasteiger charge is 2.34. The Hall–Kier alpha value is -2.83. The van der Waals surface area contributed by atoms with Crippen LogP contribution in [0.4, 0.5) is 24.5 Å². The van der Waals surface area contributed by atoms with E-state index in [1.807, 2.05) is 0 Å². The van der Waals surface area contributed by atoms with Gasteiger partial charge in [-0.25, -0.2) is 0 Å². The lowest BCUT2D eigenvalue weighted by atomic mass is 10.1. The van der Waals surface area contributed by atoms with Crippen LogP contribution in [-0.4, -0.2) is 11.8 Å². The Balaban J connectivity index is 1.86. The van der Waals surface area contributed by atoms with Crippen molar-refractivity contribution in [2.24, 2.45) is 0 Å². The molecule has 2 aromatic rings. The molecule has 0 saturated heterocycles. The molecule has 4 nitrogen and oxygen atoms in total. The van der Waals surface area contributed by atoms with E-state index in [0.29, 0.717) is 16.9 Å². The van der Waals surface area contributed by atoms with Crippen molar-refractivity contribution in [1.82, 2.24) is 0 Å². The van der Waals surface area contributed by atoms with Crippen LogP contribution in [0.3, 0.4) is 0 Å². The quantitative estimate of drug-likeness (QED) is 0.890. The van der Waals surface area contributed by atoms with Gasteiger partial charge in [0, 0.05) is 11.4 Å². The van der Waals surface area contributed by atoms with E-state index in [1.165, 1.54) is 18.2 Å². The highest BCUT2D eigenvalue weighted by molar-refractivity contribution is 6.06. The Morgan fingerprint density at radius 1 is 1.13 bits per heavy atom. The maximum absolute atomic E-state index is 12.9. The number of carbonyl (C=O) groups excluding carboxylic acids is 2. The number of benzene rings is 2. The van der Waals surface area contributed by atoms with Crippen molar-refractivity contribution in [3.05, 3.63) is 59.2 Å². The summed E-state index contributed by atoms with van der Waals surface area (Å²) in [5.74, 6) is -1.01. The monoisotopic (exact) mass is 320 g/mol. The molecule has 23 heavy (non-hydrogen) atoms. The van der Waals surface area contributed by atoms with Crippen LogP contribution in [0.15, 0.2) is 42.5 Å². The molecule has 1 aliphatic heterocycles. The maximum Gasteiger partial charge on any atom is 0.417 e. The highest BCUT2D eigenvalue weighted by Crippen LogP contribution is 2.32. The van der Waals surface area contributed by atoms with Gasteiger partial charge >= 0.3 is 6.18 Å². The van der Waals surface area contributed by atoms with Gasteiger partial charge < -0.3 is 10.6 Å². The standard InChI is InChI=1S/C16H11F3N2O2/c17-16(18,19)12-4-2-1-3-11(12)15(23)20-10-5-6-13-9(7-10)8-14(22)21-13/h1-7H,8H2,(H,20,23)(H,21,22). The summed E-state index contributed by atoms with van der Waals surface area (Å²) in [4.78, 5) is 23.4. The van der Waals surface area contributed by atoms with Crippen LogP contribution in [0.2, 0.25) is 0 Å². The van der Waals surface area contributed by atoms with Gasteiger partial charge in [0.05, 0.1) is 17.5 Å². The Bertz CT molecular complexity index is 800. The van der Waals surface area contributed by atoms with E-state index >= 15 is 0 Å². The van der Waals surface area contributed by atoms with E-state index in [0.717, 1.165) is 12.1 Å². The number of anilines is 2. The van der Waals surface area contributed by atoms with Crippen LogP contribution in [0, 0.1) is 0 Å². The van der Waals surface area contributed by atoms with Gasteiger partial charge in [-0.1, -0.05) is 12.1 Å². The minimum absolute atomic E-state index is 0.161. The zero-order valence-electron chi connectivity index (χ0n) is 11.7. The number of alkyl halides is 3. The summed E-state index contributed by atoms with van der Waals surface area (Å²) in [7, 11) is 0. The number of nitrogens with one attached hydrogen (secondary N) is 2. The molecule has 2 N–H and O–H groups in total. The molecule has 3 rings (SSSR count). The molecular weight excluding hydrogens is 309 g/mol. The van der Waals surface area contributed by atoms with Crippen molar-refractivity contribution < 1.29 is 22.8 Å². The third-order valence-corrected chi connectivity index (χ3v) is 3.47. The molecule has 0 bridgehead atoms. The molecule has 0 saturated carbocycles. The summed E-state index contributed by atoms with van der Waals surface area (Å²) in [5.41, 5.74) is 0.230. The summed E-state index contributed by atoms with van der Waals surface area (Å²) in [6.45, 7) is 0. The van der Waals surface area contributed by atoms with Crippen molar-refractivity contribution >= 4 is 23.2 Å². The molecule has 0 fully saturated rings. The number of hydrogen-bond donors (Lipinski definition) is 2. The lowest BCUT2D eigenvalue weighted by Gasteiger charge is -2.13. The zero-order chi connectivity index (χ0) is 16.6. The molecule has 0 spiro atoms. The summed E-state index contributed by atoms with van der Waals surface area (Å²) >= 11 is 0. The second-order valence-electron chi connectivity index (χ2n) is 5.09. The largest absolute Gasteiger partial charge is 0.417 e. The third kappa shape index (κ3) is 3.03. The normalized spacial score (nSPS) is 13.4. The first-order valence-electron chi connectivity index (χ1n) is 6.75. The Morgan fingerprint density at radius 3 is 2.61 bits per heavy atom. The molecule has 0 unspecified atom stereocenters. The Morgan fingerprint density at radius 2 is 1.87 bits per heavy atom. The molecule has 0 atom stereocenters. The fourth-order valence-electron chi connectivity index (χ4n) is 2.43. The molecule has 1 heterocycles. The predicted octanol–water partition coefficient (Wildman–Crippen LogP) is 3.45. The summed E-state index contributed by atoms with van der Waals surface area (Å²) in [5, 5.41) is 5.08. The highest BCUT2D eigenvalue weighted by atomic mass is 19.4. The van der Waals surface area contributed by atoms with Crippen LogP contribution in [0.5, 0.6) is 0 Å². The van der Waals surface area contributed by atoms with Gasteiger partial charge in [-0.2, -0.15) is 13.2 Å². The lowest BCUT2D eigenvalue weighted by molar-refractivity contribution is -0.137. The van der Waals surface area contributed by atoms with E-state index in [9.17, 15) is 22.8 Å². The molecular formula is C16H11F3N2O2. The maximum atomic E-state index is 12.9. The first kappa shape index (κ1) is 15.1. The van der Waals surface area contributed by atoms with Gasteiger partial charge in [0.1, 0.15) is 0 Å². The summed E-state index contributed by atoms with van der Waals surface area (Å²) in [6, 6.07) is 9.28. The molecule has 0 aliphatic carbocycles. The molecule has 1 aliphatic rings. The van der Waals surface area contributed by atoms with Crippen LogP contribution < -0.4 is 10.6 Å². The average Bonchev–Trinajstić information content (AvgIpc) is 2.85. The number of amides is 2. The van der Waals surface area contributed by atoms with Gasteiger partial charge in [0.2, 0.25) is 5.91 Å². The second-order valence-corrected chi connectivity index (χ2v) is 5.09. The number of hydrogen-bond acceptors (Lipinski definition) is 2. The van der Waals surface area contributed by atoms with E-state index < -0.39 is 23.2 Å². The Kier molecular flexibility index (Phi) is 3.55. The van der Waals surface area contributed by atoms with Crippen molar-refractivity contribution in [1.29, 1.82) is 0 Å². The van der Waals surface area contributed by atoms with E-state index in [-0.39, 0.29) is 12.3 Å². The lowest BCUT2D eigenvalue weighted by Crippen LogP contribution is -2.18. The first-order chi connectivity index (χ1) is 10.8. The van der Waals surface area contributed by atoms with Gasteiger partial charge in [0.15, 0.2) is 0 Å².